The lowest BCUT2D eigenvalue weighted by Crippen LogP contribution is -2.13. The molecule has 2 aromatic carbocycles. The highest BCUT2D eigenvalue weighted by Crippen LogP contribution is 2.29. The van der Waals surface area contributed by atoms with Crippen molar-refractivity contribution in [1.29, 1.82) is 0 Å². The normalized spacial score (nSPS) is 13.2. The summed E-state index contributed by atoms with van der Waals surface area (Å²) in [5.74, 6) is -0.386. The highest BCUT2D eigenvalue weighted by Gasteiger charge is 2.16. The van der Waals surface area contributed by atoms with Crippen LogP contribution in [-0.2, 0) is 9.84 Å². The quantitative estimate of drug-likeness (QED) is 0.941. The highest BCUT2D eigenvalue weighted by molar-refractivity contribution is 7.90. The minimum atomic E-state index is -3.25. The van der Waals surface area contributed by atoms with Gasteiger partial charge in [0.05, 0.1) is 10.9 Å². The molecule has 0 aliphatic carbocycles. The third kappa shape index (κ3) is 3.43. The molecule has 0 aliphatic rings. The summed E-state index contributed by atoms with van der Waals surface area (Å²) >= 11 is 6.03. The fourth-order valence-electron chi connectivity index (χ4n) is 2.02. The molecule has 0 bridgehead atoms. The molecule has 2 rings (SSSR count). The maximum Gasteiger partial charge on any atom is 0.175 e. The van der Waals surface area contributed by atoms with Crippen molar-refractivity contribution in [3.05, 3.63) is 63.9 Å². The van der Waals surface area contributed by atoms with Crippen molar-refractivity contribution in [2.75, 3.05) is 6.26 Å². The third-order valence-electron chi connectivity index (χ3n) is 3.28. The second-order valence-corrected chi connectivity index (χ2v) is 7.36. The number of nitrogens with two attached hydrogens (primary N) is 1. The van der Waals surface area contributed by atoms with E-state index in [0.29, 0.717) is 16.7 Å². The van der Waals surface area contributed by atoms with Gasteiger partial charge in [0.2, 0.25) is 0 Å². The zero-order valence-corrected chi connectivity index (χ0v) is 13.2. The van der Waals surface area contributed by atoms with Gasteiger partial charge in [0, 0.05) is 11.3 Å². The first-order valence-corrected chi connectivity index (χ1v) is 8.48. The molecule has 0 spiro atoms. The summed E-state index contributed by atoms with van der Waals surface area (Å²) in [7, 11) is -3.25. The topological polar surface area (TPSA) is 60.2 Å². The van der Waals surface area contributed by atoms with Crippen LogP contribution in [0.4, 0.5) is 4.39 Å². The standard InChI is InChI=1S/C15H15ClFNO2S/c1-9-7-12(13(16)8-14(9)17)15(18)10-3-5-11(6-4-10)21(2,19)20/h3-8,15H,18H2,1-2H3. The number of sulfone groups is 1. The van der Waals surface area contributed by atoms with Gasteiger partial charge < -0.3 is 5.73 Å². The zero-order chi connectivity index (χ0) is 15.8. The Kier molecular flexibility index (Phi) is 4.37. The predicted octanol–water partition coefficient (Wildman–Crippen LogP) is 3.24. The van der Waals surface area contributed by atoms with E-state index in [1.807, 2.05) is 0 Å². The molecule has 1 unspecified atom stereocenters. The summed E-state index contributed by atoms with van der Waals surface area (Å²) < 4.78 is 36.3. The predicted molar refractivity (Wildman–Crippen MR) is 81.7 cm³/mol. The van der Waals surface area contributed by atoms with Gasteiger partial charge in [0.25, 0.3) is 0 Å². The van der Waals surface area contributed by atoms with E-state index in [-0.39, 0.29) is 15.7 Å². The molecule has 0 amide bonds. The van der Waals surface area contributed by atoms with Gasteiger partial charge in [-0.25, -0.2) is 12.8 Å². The summed E-state index contributed by atoms with van der Waals surface area (Å²) in [6, 6.07) is 8.55. The summed E-state index contributed by atoms with van der Waals surface area (Å²) in [5, 5.41) is 0.248. The van der Waals surface area contributed by atoms with Gasteiger partial charge in [0.15, 0.2) is 9.84 Å². The fraction of sp³-hybridized carbons (Fsp3) is 0.200. The molecule has 0 saturated carbocycles. The minimum absolute atomic E-state index is 0.222. The van der Waals surface area contributed by atoms with Crippen molar-refractivity contribution < 1.29 is 12.8 Å². The van der Waals surface area contributed by atoms with Gasteiger partial charge in [-0.1, -0.05) is 23.7 Å². The molecule has 6 heteroatoms. The lowest BCUT2D eigenvalue weighted by molar-refractivity contribution is 0.601. The average Bonchev–Trinajstić information content (AvgIpc) is 2.41. The van der Waals surface area contributed by atoms with Gasteiger partial charge in [-0.3, -0.25) is 0 Å². The van der Waals surface area contributed by atoms with Gasteiger partial charge in [0.1, 0.15) is 5.82 Å². The Labute approximate surface area is 128 Å². The molecule has 3 nitrogen and oxygen atoms in total. The first kappa shape index (κ1) is 15.9. The lowest BCUT2D eigenvalue weighted by Gasteiger charge is -2.16. The number of aryl methyl sites for hydroxylation is 1. The van der Waals surface area contributed by atoms with Gasteiger partial charge in [-0.2, -0.15) is 0 Å². The Morgan fingerprint density at radius 3 is 2.29 bits per heavy atom. The summed E-state index contributed by atoms with van der Waals surface area (Å²) in [6.07, 6.45) is 1.14. The number of hydrogen-bond donors (Lipinski definition) is 1. The van der Waals surface area contributed by atoms with Crippen LogP contribution in [-0.4, -0.2) is 14.7 Å². The van der Waals surface area contributed by atoms with Crippen LogP contribution in [0.5, 0.6) is 0 Å². The second-order valence-electron chi connectivity index (χ2n) is 4.94. The molecular formula is C15H15ClFNO2S. The summed E-state index contributed by atoms with van der Waals surface area (Å²) in [4.78, 5) is 0.222. The van der Waals surface area contributed by atoms with Crippen LogP contribution in [0.2, 0.25) is 5.02 Å². The molecular weight excluding hydrogens is 313 g/mol. The van der Waals surface area contributed by atoms with E-state index in [0.717, 1.165) is 6.26 Å². The van der Waals surface area contributed by atoms with Crippen molar-refractivity contribution in [2.45, 2.75) is 17.9 Å². The van der Waals surface area contributed by atoms with E-state index in [2.05, 4.69) is 0 Å². The van der Waals surface area contributed by atoms with Crippen LogP contribution in [0.15, 0.2) is 41.3 Å². The lowest BCUT2D eigenvalue weighted by atomic mass is 9.98. The Balaban J connectivity index is 2.41. The number of hydrogen-bond acceptors (Lipinski definition) is 3. The van der Waals surface area contributed by atoms with Crippen LogP contribution in [0.3, 0.4) is 0 Å². The van der Waals surface area contributed by atoms with Crippen molar-refractivity contribution in [3.8, 4) is 0 Å². The molecule has 2 N–H and O–H groups in total. The first-order chi connectivity index (χ1) is 9.70. The molecule has 0 heterocycles. The van der Waals surface area contributed by atoms with Crippen LogP contribution in [0, 0.1) is 12.7 Å². The SMILES string of the molecule is Cc1cc(C(N)c2ccc(S(C)(=O)=O)cc2)c(Cl)cc1F. The molecule has 0 aromatic heterocycles. The number of halogens is 2. The molecule has 112 valence electrons. The maximum atomic E-state index is 13.4. The molecule has 0 radical (unpaired) electrons. The maximum absolute atomic E-state index is 13.4. The second kappa shape index (κ2) is 5.75. The van der Waals surface area contributed by atoms with Crippen molar-refractivity contribution in [2.24, 2.45) is 5.73 Å². The largest absolute Gasteiger partial charge is 0.320 e. The van der Waals surface area contributed by atoms with E-state index < -0.39 is 15.9 Å². The van der Waals surface area contributed by atoms with E-state index in [4.69, 9.17) is 17.3 Å². The van der Waals surface area contributed by atoms with Crippen LogP contribution in [0.1, 0.15) is 22.7 Å². The first-order valence-electron chi connectivity index (χ1n) is 6.21. The molecule has 1 atom stereocenters. The Morgan fingerprint density at radius 1 is 1.19 bits per heavy atom. The molecule has 2 aromatic rings. The van der Waals surface area contributed by atoms with E-state index in [9.17, 15) is 12.8 Å². The monoisotopic (exact) mass is 327 g/mol. The van der Waals surface area contributed by atoms with Gasteiger partial charge in [-0.15, -0.1) is 0 Å². The van der Waals surface area contributed by atoms with Crippen LogP contribution < -0.4 is 5.73 Å². The van der Waals surface area contributed by atoms with E-state index in [1.165, 1.54) is 18.2 Å². The van der Waals surface area contributed by atoms with Crippen molar-refractivity contribution in [1.82, 2.24) is 0 Å². The van der Waals surface area contributed by atoms with Gasteiger partial charge in [-0.05, 0) is 47.9 Å². The number of benzene rings is 2. The van der Waals surface area contributed by atoms with E-state index in [1.54, 1.807) is 25.1 Å². The fourth-order valence-corrected chi connectivity index (χ4v) is 2.92. The van der Waals surface area contributed by atoms with Crippen molar-refractivity contribution >= 4 is 21.4 Å². The summed E-state index contributed by atoms with van der Waals surface area (Å²) in [6.45, 7) is 1.63. The Bertz CT molecular complexity index is 773. The average molecular weight is 328 g/mol. The molecule has 21 heavy (non-hydrogen) atoms. The van der Waals surface area contributed by atoms with Crippen molar-refractivity contribution in [3.63, 3.8) is 0 Å². The highest BCUT2D eigenvalue weighted by atomic mass is 35.5. The van der Waals surface area contributed by atoms with Gasteiger partial charge >= 0.3 is 0 Å². The molecule has 0 fully saturated rings. The van der Waals surface area contributed by atoms with E-state index >= 15 is 0 Å². The molecule has 0 saturated heterocycles. The summed E-state index contributed by atoms with van der Waals surface area (Å²) in [5.41, 5.74) is 7.90. The minimum Gasteiger partial charge on any atom is -0.320 e. The Hall–Kier alpha value is -1.43. The third-order valence-corrected chi connectivity index (χ3v) is 4.74. The smallest absolute Gasteiger partial charge is 0.175 e. The Morgan fingerprint density at radius 2 is 1.76 bits per heavy atom. The molecule has 0 aliphatic heterocycles. The number of rotatable bonds is 3. The zero-order valence-electron chi connectivity index (χ0n) is 11.6. The van der Waals surface area contributed by atoms with Crippen LogP contribution >= 0.6 is 11.6 Å². The van der Waals surface area contributed by atoms with Crippen LogP contribution in [0.25, 0.3) is 0 Å².